The summed E-state index contributed by atoms with van der Waals surface area (Å²) in [6.45, 7) is 2.97. The van der Waals surface area contributed by atoms with E-state index in [9.17, 15) is 10.1 Å². The molecule has 1 aliphatic heterocycles. The van der Waals surface area contributed by atoms with E-state index in [1.807, 2.05) is 30.5 Å². The average Bonchev–Trinajstić information content (AvgIpc) is 3.39. The molecule has 9 heteroatoms. The first-order valence-electron chi connectivity index (χ1n) is 13.6. The molecule has 6 rings (SSSR count). The first-order chi connectivity index (χ1) is 19.6. The summed E-state index contributed by atoms with van der Waals surface area (Å²) in [4.78, 5) is 16.5. The number of aromatic nitrogens is 1. The van der Waals surface area contributed by atoms with E-state index in [0.29, 0.717) is 29.7 Å². The number of rotatable bonds is 6. The molecule has 0 spiro atoms. The summed E-state index contributed by atoms with van der Waals surface area (Å²) < 4.78 is 13.2. The molecule has 1 aliphatic carbocycles. The quantitative estimate of drug-likeness (QED) is 0.141. The van der Waals surface area contributed by atoms with Gasteiger partial charge in [-0.05, 0) is 55.5 Å². The lowest BCUT2D eigenvalue weighted by atomic mass is 9.84. The van der Waals surface area contributed by atoms with Crippen molar-refractivity contribution in [2.24, 2.45) is 10.1 Å². The molecule has 0 saturated heterocycles. The number of hydrogen-bond donors (Lipinski definition) is 0. The summed E-state index contributed by atoms with van der Waals surface area (Å²) in [5.74, 6) is 2.03. The summed E-state index contributed by atoms with van der Waals surface area (Å²) in [7, 11) is 0. The lowest BCUT2D eigenvalue weighted by Crippen LogP contribution is -2.16. The molecular formula is C31H30N4O4S. The van der Waals surface area contributed by atoms with Gasteiger partial charge in [-0.3, -0.25) is 10.1 Å². The minimum Gasteiger partial charge on any atom is -0.486 e. The molecule has 0 atom stereocenters. The van der Waals surface area contributed by atoms with Crippen LogP contribution < -0.4 is 14.3 Å². The summed E-state index contributed by atoms with van der Waals surface area (Å²) >= 11 is 1.40. The topological polar surface area (TPSA) is 91.2 Å². The monoisotopic (exact) mass is 554 g/mol. The molecule has 4 aromatic rings. The van der Waals surface area contributed by atoms with Gasteiger partial charge in [0.25, 0.3) is 5.69 Å². The molecule has 0 bridgehead atoms. The third-order valence-electron chi connectivity index (χ3n) is 7.47. The molecule has 40 heavy (non-hydrogen) atoms. The number of fused-ring (bicyclic) bond motifs is 1. The molecular weight excluding hydrogens is 524 g/mol. The third kappa shape index (κ3) is 5.42. The van der Waals surface area contributed by atoms with Crippen molar-refractivity contribution in [1.82, 2.24) is 4.68 Å². The number of nitro benzene ring substituents is 1. The van der Waals surface area contributed by atoms with Crippen molar-refractivity contribution >= 4 is 28.4 Å². The van der Waals surface area contributed by atoms with Gasteiger partial charge in [-0.15, -0.1) is 11.3 Å². The van der Waals surface area contributed by atoms with Gasteiger partial charge in [-0.2, -0.15) is 5.10 Å². The lowest BCUT2D eigenvalue weighted by molar-refractivity contribution is -0.384. The van der Waals surface area contributed by atoms with E-state index in [2.05, 4.69) is 24.3 Å². The predicted molar refractivity (Wildman–Crippen MR) is 157 cm³/mol. The Bertz CT molecular complexity index is 1630. The van der Waals surface area contributed by atoms with Crippen LogP contribution in [0.2, 0.25) is 0 Å². The lowest BCUT2D eigenvalue weighted by Gasteiger charge is -2.22. The van der Waals surface area contributed by atoms with Crippen LogP contribution in [-0.4, -0.2) is 28.5 Å². The maximum absolute atomic E-state index is 11.7. The second-order valence-electron chi connectivity index (χ2n) is 10.1. The molecule has 2 aliphatic rings. The van der Waals surface area contributed by atoms with Crippen molar-refractivity contribution in [2.45, 2.75) is 44.9 Å². The number of para-hydroxylation sites is 2. The smallest absolute Gasteiger partial charge is 0.294 e. The molecule has 0 radical (unpaired) electrons. The number of benzene rings is 3. The van der Waals surface area contributed by atoms with E-state index in [1.54, 1.807) is 22.9 Å². The van der Waals surface area contributed by atoms with Gasteiger partial charge in [0.05, 0.1) is 16.3 Å². The van der Waals surface area contributed by atoms with Crippen LogP contribution in [0.25, 0.3) is 11.3 Å². The fourth-order valence-corrected chi connectivity index (χ4v) is 6.17. The summed E-state index contributed by atoms with van der Waals surface area (Å²) in [5.41, 5.74) is 5.14. The standard InChI is InChI=1S/C31H30N4O4S/c1-21(25-15-16-29-30(19-25)39-18-17-38-29)33-34-28(24-13-11-23(12-14-24)22-7-3-2-4-8-22)20-40-31(34)32-26-9-5-6-10-27(26)35(36)37/h5-6,9-16,19-20,22H,2-4,7-8,17-18H2,1H3. The number of nitrogens with zero attached hydrogens (tertiary/aromatic N) is 4. The molecule has 0 N–H and O–H groups in total. The molecule has 204 valence electrons. The summed E-state index contributed by atoms with van der Waals surface area (Å²) in [6, 6.07) is 21.0. The van der Waals surface area contributed by atoms with Crippen LogP contribution >= 0.6 is 11.3 Å². The Hall–Kier alpha value is -4.24. The number of nitro groups is 1. The van der Waals surface area contributed by atoms with Gasteiger partial charge in [0.15, 0.2) is 11.5 Å². The number of hydrogen-bond acceptors (Lipinski definition) is 7. The Morgan fingerprint density at radius 2 is 1.73 bits per heavy atom. The van der Waals surface area contributed by atoms with Crippen LogP contribution in [0.5, 0.6) is 11.5 Å². The fourth-order valence-electron chi connectivity index (χ4n) is 5.33. The Labute approximate surface area is 236 Å². The predicted octanol–water partition coefficient (Wildman–Crippen LogP) is 7.45. The Morgan fingerprint density at radius 3 is 2.50 bits per heavy atom. The van der Waals surface area contributed by atoms with Crippen molar-refractivity contribution in [2.75, 3.05) is 13.2 Å². The van der Waals surface area contributed by atoms with Crippen LogP contribution in [0.4, 0.5) is 11.4 Å². The van der Waals surface area contributed by atoms with Crippen LogP contribution in [0.15, 0.2) is 82.2 Å². The van der Waals surface area contributed by atoms with Gasteiger partial charge in [-0.25, -0.2) is 9.67 Å². The van der Waals surface area contributed by atoms with Crippen molar-refractivity contribution < 1.29 is 14.4 Å². The molecule has 3 aromatic carbocycles. The zero-order valence-electron chi connectivity index (χ0n) is 22.3. The van der Waals surface area contributed by atoms with Crippen LogP contribution in [0, 0.1) is 10.1 Å². The van der Waals surface area contributed by atoms with Crippen molar-refractivity contribution in [3.8, 4) is 22.8 Å². The minimum atomic E-state index is -0.411. The molecule has 8 nitrogen and oxygen atoms in total. The fraction of sp³-hybridized carbons (Fsp3) is 0.290. The SMILES string of the molecule is CC(=Nn1c(-c2ccc(C3CCCCC3)cc2)csc1=Nc1ccccc1[N+](=O)[O-])c1ccc2c(c1)OCCO2. The summed E-state index contributed by atoms with van der Waals surface area (Å²) in [6.07, 6.45) is 6.41. The Kier molecular flexibility index (Phi) is 7.46. The normalized spacial score (nSPS) is 16.2. The molecule has 0 unspecified atom stereocenters. The van der Waals surface area contributed by atoms with Crippen LogP contribution in [0.3, 0.4) is 0 Å². The van der Waals surface area contributed by atoms with Gasteiger partial charge < -0.3 is 9.47 Å². The van der Waals surface area contributed by atoms with Crippen molar-refractivity contribution in [3.05, 3.63) is 98.2 Å². The van der Waals surface area contributed by atoms with E-state index >= 15 is 0 Å². The van der Waals surface area contributed by atoms with Gasteiger partial charge in [0.1, 0.15) is 18.9 Å². The molecule has 1 fully saturated rings. The van der Waals surface area contributed by atoms with Crippen molar-refractivity contribution in [3.63, 3.8) is 0 Å². The Morgan fingerprint density at radius 1 is 0.975 bits per heavy atom. The maximum Gasteiger partial charge on any atom is 0.294 e. The van der Waals surface area contributed by atoms with E-state index in [-0.39, 0.29) is 11.4 Å². The molecule has 0 amide bonds. The van der Waals surface area contributed by atoms with E-state index < -0.39 is 4.92 Å². The highest BCUT2D eigenvalue weighted by Crippen LogP contribution is 2.34. The van der Waals surface area contributed by atoms with Gasteiger partial charge in [0.2, 0.25) is 4.80 Å². The second kappa shape index (κ2) is 11.5. The van der Waals surface area contributed by atoms with Gasteiger partial charge >= 0.3 is 0 Å². The van der Waals surface area contributed by atoms with Crippen LogP contribution in [0.1, 0.15) is 56.1 Å². The first kappa shape index (κ1) is 26.0. The Balaban J connectivity index is 1.44. The average molecular weight is 555 g/mol. The minimum absolute atomic E-state index is 0.0478. The van der Waals surface area contributed by atoms with E-state index in [4.69, 9.17) is 19.6 Å². The maximum atomic E-state index is 11.7. The highest BCUT2D eigenvalue weighted by Gasteiger charge is 2.18. The largest absolute Gasteiger partial charge is 0.486 e. The van der Waals surface area contributed by atoms with Gasteiger partial charge in [0, 0.05) is 22.6 Å². The number of ether oxygens (including phenoxy) is 2. The van der Waals surface area contributed by atoms with E-state index in [0.717, 1.165) is 28.3 Å². The molecule has 1 saturated carbocycles. The first-order valence-corrected chi connectivity index (χ1v) is 14.5. The zero-order chi connectivity index (χ0) is 27.5. The van der Waals surface area contributed by atoms with E-state index in [1.165, 1.54) is 55.1 Å². The second-order valence-corrected chi connectivity index (χ2v) is 10.9. The molecule has 2 heterocycles. The third-order valence-corrected chi connectivity index (χ3v) is 8.29. The van der Waals surface area contributed by atoms with Gasteiger partial charge in [-0.1, -0.05) is 55.7 Å². The molecule has 1 aromatic heterocycles. The zero-order valence-corrected chi connectivity index (χ0v) is 23.1. The summed E-state index contributed by atoms with van der Waals surface area (Å²) in [5, 5.41) is 18.6. The van der Waals surface area contributed by atoms with Crippen LogP contribution in [-0.2, 0) is 0 Å². The number of thiazole rings is 1. The van der Waals surface area contributed by atoms with Crippen molar-refractivity contribution in [1.29, 1.82) is 0 Å². The highest BCUT2D eigenvalue weighted by atomic mass is 32.1. The highest BCUT2D eigenvalue weighted by molar-refractivity contribution is 7.07.